The number of carbonyl (C=O) groups excluding carboxylic acids is 4. The molecule has 8 nitrogen and oxygen atoms in total. The maximum absolute atomic E-state index is 12.5. The van der Waals surface area contributed by atoms with Crippen LogP contribution in [0.4, 0.5) is 11.4 Å². The fourth-order valence-electron chi connectivity index (χ4n) is 3.24. The summed E-state index contributed by atoms with van der Waals surface area (Å²) < 4.78 is 10.3. The fourth-order valence-corrected chi connectivity index (χ4v) is 3.24. The molecule has 0 bridgehead atoms. The Kier molecular flexibility index (Phi) is 5.05. The molecule has 2 aliphatic rings. The van der Waals surface area contributed by atoms with Gasteiger partial charge in [0, 0.05) is 16.9 Å². The van der Waals surface area contributed by atoms with Gasteiger partial charge in [-0.1, -0.05) is 18.2 Å². The Morgan fingerprint density at radius 1 is 1.17 bits per heavy atom. The second kappa shape index (κ2) is 7.82. The highest BCUT2D eigenvalue weighted by atomic mass is 16.5. The summed E-state index contributed by atoms with van der Waals surface area (Å²) in [5, 5.41) is 5.60. The minimum absolute atomic E-state index is 0.000378. The lowest BCUT2D eigenvalue weighted by atomic mass is 9.99. The van der Waals surface area contributed by atoms with Gasteiger partial charge >= 0.3 is 5.97 Å². The Morgan fingerprint density at radius 3 is 2.70 bits per heavy atom. The maximum atomic E-state index is 12.5. The van der Waals surface area contributed by atoms with Crippen molar-refractivity contribution in [3.8, 4) is 0 Å². The molecular formula is C22H18N2O6. The topological polar surface area (TPSA) is 111 Å². The second-order valence-electron chi connectivity index (χ2n) is 6.92. The van der Waals surface area contributed by atoms with Crippen molar-refractivity contribution in [2.75, 3.05) is 23.8 Å². The number of para-hydroxylation sites is 1. The quantitative estimate of drug-likeness (QED) is 0.430. The van der Waals surface area contributed by atoms with Gasteiger partial charge in [-0.25, -0.2) is 4.79 Å². The van der Waals surface area contributed by atoms with Crippen LogP contribution >= 0.6 is 0 Å². The molecule has 0 saturated heterocycles. The second-order valence-corrected chi connectivity index (χ2v) is 6.92. The van der Waals surface area contributed by atoms with E-state index in [0.717, 1.165) is 0 Å². The van der Waals surface area contributed by atoms with Crippen molar-refractivity contribution in [3.63, 3.8) is 0 Å². The molecule has 1 atom stereocenters. The lowest BCUT2D eigenvalue weighted by molar-refractivity contribution is -0.139. The molecule has 2 aromatic carbocycles. The third-order valence-corrected chi connectivity index (χ3v) is 4.91. The number of carbonyl (C=O) groups is 4. The van der Waals surface area contributed by atoms with Crippen molar-refractivity contribution in [3.05, 3.63) is 71.1 Å². The Hall–Kier alpha value is -3.94. The number of hydrogen-bond donors (Lipinski definition) is 2. The van der Waals surface area contributed by atoms with Crippen molar-refractivity contribution >= 4 is 34.8 Å². The number of Topliss-reactive ketones (excluding diaryl/α,β-unsaturated/α-hetero) is 2. The van der Waals surface area contributed by atoms with Crippen LogP contribution in [-0.2, 0) is 23.9 Å². The third-order valence-electron chi connectivity index (χ3n) is 4.91. The van der Waals surface area contributed by atoms with E-state index in [0.29, 0.717) is 22.5 Å². The van der Waals surface area contributed by atoms with Crippen LogP contribution in [0.3, 0.4) is 0 Å². The number of anilines is 2. The molecule has 0 fully saturated rings. The van der Waals surface area contributed by atoms with Crippen molar-refractivity contribution in [2.45, 2.75) is 12.8 Å². The summed E-state index contributed by atoms with van der Waals surface area (Å²) in [5.41, 5.74) is 2.07. The summed E-state index contributed by atoms with van der Waals surface area (Å²) in [4.78, 5) is 48.7. The molecular weight excluding hydrogens is 388 g/mol. The zero-order valence-corrected chi connectivity index (χ0v) is 16.1. The predicted molar refractivity (Wildman–Crippen MR) is 107 cm³/mol. The first-order valence-corrected chi connectivity index (χ1v) is 9.31. The normalized spacial score (nSPS) is 17.3. The number of fused-ring (bicyclic) bond motifs is 1. The molecule has 2 aliphatic heterocycles. The Bertz CT molecular complexity index is 1090. The van der Waals surface area contributed by atoms with Crippen molar-refractivity contribution in [1.29, 1.82) is 0 Å². The van der Waals surface area contributed by atoms with Gasteiger partial charge in [0.05, 0.1) is 5.92 Å². The molecule has 4 rings (SSSR count). The van der Waals surface area contributed by atoms with E-state index in [-0.39, 0.29) is 29.9 Å². The molecule has 0 aliphatic carbocycles. The van der Waals surface area contributed by atoms with Gasteiger partial charge in [-0.3, -0.25) is 14.4 Å². The standard InChI is InChI=1S/C22H18N2O6/c1-12-15-9-13(7-8-16(15)24-20(12)27)17(25)10-30-22(28)19-18(26)11-29-21(19)23-14-5-3-2-4-6-14/h2-9,12,23H,10-11H2,1H3,(H,24,27)/t12-/m1/s1. The van der Waals surface area contributed by atoms with Crippen LogP contribution in [0.5, 0.6) is 0 Å². The number of benzene rings is 2. The van der Waals surface area contributed by atoms with Gasteiger partial charge in [-0.2, -0.15) is 0 Å². The zero-order valence-electron chi connectivity index (χ0n) is 16.1. The van der Waals surface area contributed by atoms with Gasteiger partial charge in [-0.15, -0.1) is 0 Å². The summed E-state index contributed by atoms with van der Waals surface area (Å²) in [6, 6.07) is 13.7. The summed E-state index contributed by atoms with van der Waals surface area (Å²) >= 11 is 0. The average Bonchev–Trinajstić information content (AvgIpc) is 3.25. The average molecular weight is 406 g/mol. The number of amides is 1. The molecule has 0 unspecified atom stereocenters. The minimum Gasteiger partial charge on any atom is -0.470 e. The lowest BCUT2D eigenvalue weighted by Crippen LogP contribution is -2.20. The highest BCUT2D eigenvalue weighted by Crippen LogP contribution is 2.32. The highest BCUT2D eigenvalue weighted by molar-refractivity contribution is 6.20. The Morgan fingerprint density at radius 2 is 1.93 bits per heavy atom. The number of hydrogen-bond acceptors (Lipinski definition) is 7. The maximum Gasteiger partial charge on any atom is 0.347 e. The first-order chi connectivity index (χ1) is 14.4. The van der Waals surface area contributed by atoms with Crippen LogP contribution in [-0.4, -0.2) is 36.7 Å². The smallest absolute Gasteiger partial charge is 0.347 e. The molecule has 30 heavy (non-hydrogen) atoms. The summed E-state index contributed by atoms with van der Waals surface area (Å²) in [6.07, 6.45) is 0. The molecule has 8 heteroatoms. The Balaban J connectivity index is 1.45. The molecule has 0 radical (unpaired) electrons. The van der Waals surface area contributed by atoms with Crippen LogP contribution < -0.4 is 10.6 Å². The summed E-state index contributed by atoms with van der Waals surface area (Å²) in [5.74, 6) is -2.40. The van der Waals surface area contributed by atoms with Crippen LogP contribution in [0.2, 0.25) is 0 Å². The van der Waals surface area contributed by atoms with Gasteiger partial charge in [0.1, 0.15) is 0 Å². The third kappa shape index (κ3) is 3.67. The van der Waals surface area contributed by atoms with Gasteiger partial charge in [0.15, 0.2) is 24.6 Å². The molecule has 1 amide bonds. The molecule has 0 saturated carbocycles. The molecule has 2 heterocycles. The van der Waals surface area contributed by atoms with Crippen molar-refractivity contribution in [1.82, 2.24) is 0 Å². The highest BCUT2D eigenvalue weighted by Gasteiger charge is 2.33. The van der Waals surface area contributed by atoms with E-state index in [4.69, 9.17) is 9.47 Å². The number of esters is 1. The van der Waals surface area contributed by atoms with Gasteiger partial charge in [-0.05, 0) is 42.8 Å². The van der Waals surface area contributed by atoms with E-state index in [1.807, 2.05) is 6.07 Å². The number of rotatable bonds is 6. The largest absolute Gasteiger partial charge is 0.470 e. The van der Waals surface area contributed by atoms with Crippen LogP contribution in [0.25, 0.3) is 0 Å². The van der Waals surface area contributed by atoms with E-state index in [2.05, 4.69) is 10.6 Å². The van der Waals surface area contributed by atoms with Crippen LogP contribution in [0.15, 0.2) is 60.0 Å². The van der Waals surface area contributed by atoms with E-state index < -0.39 is 24.1 Å². The number of ether oxygens (including phenoxy) is 2. The van der Waals surface area contributed by atoms with Crippen LogP contribution in [0.1, 0.15) is 28.8 Å². The first kappa shape index (κ1) is 19.4. The van der Waals surface area contributed by atoms with Crippen molar-refractivity contribution < 1.29 is 28.7 Å². The molecule has 152 valence electrons. The SMILES string of the molecule is C[C@H]1C(=O)Nc2ccc(C(=O)COC(=O)C3=C(Nc4ccccc4)OCC3=O)cc21. The summed E-state index contributed by atoms with van der Waals surface area (Å²) in [6.45, 7) is 0.926. The van der Waals surface area contributed by atoms with E-state index in [1.165, 1.54) is 0 Å². The Labute approximate surface area is 171 Å². The van der Waals surface area contributed by atoms with Crippen LogP contribution in [0, 0.1) is 0 Å². The monoisotopic (exact) mass is 406 g/mol. The van der Waals surface area contributed by atoms with Gasteiger partial charge in [0.2, 0.25) is 17.6 Å². The van der Waals surface area contributed by atoms with E-state index >= 15 is 0 Å². The molecule has 0 spiro atoms. The lowest BCUT2D eigenvalue weighted by Gasteiger charge is -2.09. The van der Waals surface area contributed by atoms with Crippen molar-refractivity contribution in [2.24, 2.45) is 0 Å². The van der Waals surface area contributed by atoms with E-state index in [1.54, 1.807) is 49.4 Å². The predicted octanol–water partition coefficient (Wildman–Crippen LogP) is 2.39. The van der Waals surface area contributed by atoms with Gasteiger partial charge in [0.25, 0.3) is 0 Å². The molecule has 0 aromatic heterocycles. The minimum atomic E-state index is -0.935. The number of ketones is 2. The number of nitrogens with one attached hydrogen (secondary N) is 2. The van der Waals surface area contributed by atoms with E-state index in [9.17, 15) is 19.2 Å². The molecule has 2 aromatic rings. The summed E-state index contributed by atoms with van der Waals surface area (Å²) in [7, 11) is 0. The zero-order chi connectivity index (χ0) is 21.3. The first-order valence-electron chi connectivity index (χ1n) is 9.31. The van der Waals surface area contributed by atoms with Gasteiger partial charge < -0.3 is 20.1 Å². The fraction of sp³-hybridized carbons (Fsp3) is 0.182. The molecule has 2 N–H and O–H groups in total.